The van der Waals surface area contributed by atoms with Gasteiger partial charge in [0.05, 0.1) is 17.3 Å². The van der Waals surface area contributed by atoms with Crippen molar-refractivity contribution in [2.75, 3.05) is 0 Å². The van der Waals surface area contributed by atoms with E-state index in [2.05, 4.69) is 4.98 Å². The lowest BCUT2D eigenvalue weighted by molar-refractivity contribution is -0.113. The van der Waals surface area contributed by atoms with Crippen LogP contribution in [0.15, 0.2) is 65.7 Å². The number of benzene rings is 1. The van der Waals surface area contributed by atoms with Crippen LogP contribution in [0.25, 0.3) is 45.5 Å². The lowest BCUT2D eigenvalue weighted by Crippen LogP contribution is -2.05. The number of hydrogen-bond donors (Lipinski definition) is 1. The SMILES string of the molecule is NC(=O)/C=C/c1c(-c2c(-c3ccn(C4CC4)n3)nc3occn23)ccc2ncccc12. The second kappa shape index (κ2) is 6.66. The number of oxazole rings is 1. The zero-order valence-electron chi connectivity index (χ0n) is 16.5. The third-order valence-corrected chi connectivity index (χ3v) is 5.53. The topological polar surface area (TPSA) is 104 Å². The molecule has 8 nitrogen and oxygen atoms in total. The third-order valence-electron chi connectivity index (χ3n) is 5.53. The second-order valence-electron chi connectivity index (χ2n) is 7.61. The molecule has 0 bridgehead atoms. The van der Waals surface area contributed by atoms with E-state index in [9.17, 15) is 4.79 Å². The summed E-state index contributed by atoms with van der Waals surface area (Å²) in [5.41, 5.74) is 10.3. The Labute approximate surface area is 176 Å². The molecule has 1 fully saturated rings. The number of carbonyl (C=O) groups excluding carboxylic acids is 1. The van der Waals surface area contributed by atoms with Crippen LogP contribution < -0.4 is 5.73 Å². The molecule has 4 aromatic heterocycles. The first-order valence-corrected chi connectivity index (χ1v) is 10.1. The minimum atomic E-state index is -0.517. The molecule has 6 rings (SSSR count). The van der Waals surface area contributed by atoms with Gasteiger partial charge in [0.15, 0.2) is 0 Å². The fourth-order valence-electron chi connectivity index (χ4n) is 3.96. The maximum Gasteiger partial charge on any atom is 0.306 e. The molecule has 0 unspecified atom stereocenters. The molecule has 1 saturated carbocycles. The number of aromatic nitrogens is 5. The van der Waals surface area contributed by atoms with Crippen LogP contribution >= 0.6 is 0 Å². The molecule has 0 saturated heterocycles. The van der Waals surface area contributed by atoms with Crippen molar-refractivity contribution in [1.82, 2.24) is 24.1 Å². The van der Waals surface area contributed by atoms with Gasteiger partial charge in [-0.25, -0.2) is 0 Å². The van der Waals surface area contributed by atoms with Gasteiger partial charge in [0, 0.05) is 35.6 Å². The van der Waals surface area contributed by atoms with Crippen molar-refractivity contribution >= 4 is 28.7 Å². The number of primary amides is 1. The van der Waals surface area contributed by atoms with Gasteiger partial charge in [-0.15, -0.1) is 0 Å². The van der Waals surface area contributed by atoms with E-state index in [1.807, 2.05) is 51.8 Å². The van der Waals surface area contributed by atoms with Crippen molar-refractivity contribution in [3.05, 3.63) is 66.8 Å². The zero-order valence-corrected chi connectivity index (χ0v) is 16.5. The van der Waals surface area contributed by atoms with Gasteiger partial charge in [-0.2, -0.15) is 10.1 Å². The summed E-state index contributed by atoms with van der Waals surface area (Å²) in [5, 5.41) is 5.67. The van der Waals surface area contributed by atoms with Gasteiger partial charge in [0.2, 0.25) is 5.91 Å². The highest BCUT2D eigenvalue weighted by atomic mass is 16.3. The summed E-state index contributed by atoms with van der Waals surface area (Å²) < 4.78 is 9.48. The van der Waals surface area contributed by atoms with Crippen molar-refractivity contribution in [3.63, 3.8) is 0 Å². The van der Waals surface area contributed by atoms with E-state index < -0.39 is 5.91 Å². The quantitative estimate of drug-likeness (QED) is 0.443. The fourth-order valence-corrected chi connectivity index (χ4v) is 3.96. The van der Waals surface area contributed by atoms with Gasteiger partial charge in [-0.1, -0.05) is 6.07 Å². The van der Waals surface area contributed by atoms with Crippen LogP contribution in [0.5, 0.6) is 0 Å². The molecule has 1 aliphatic rings. The highest BCUT2D eigenvalue weighted by molar-refractivity contribution is 6.00. The summed E-state index contributed by atoms with van der Waals surface area (Å²) in [6, 6.07) is 10.2. The van der Waals surface area contributed by atoms with Crippen molar-refractivity contribution in [2.24, 2.45) is 5.73 Å². The molecule has 5 aromatic rings. The molecular formula is C23H18N6O2. The standard InChI is InChI=1S/C23H18N6O2/c24-20(30)8-6-15-16-2-1-10-25-18(16)7-5-17(15)22-21(26-23-28(22)12-13-31-23)19-9-11-29(27-19)14-3-4-14/h1-2,5-14H,3-4H2,(H2,24,30)/b8-6+. The Hall–Kier alpha value is -4.20. The molecule has 152 valence electrons. The van der Waals surface area contributed by atoms with Gasteiger partial charge in [0.25, 0.3) is 0 Å². The molecule has 0 aliphatic heterocycles. The van der Waals surface area contributed by atoms with Crippen LogP contribution in [-0.4, -0.2) is 30.1 Å². The maximum atomic E-state index is 11.5. The predicted molar refractivity (Wildman–Crippen MR) is 116 cm³/mol. The molecule has 8 heteroatoms. The first kappa shape index (κ1) is 17.6. The summed E-state index contributed by atoms with van der Waals surface area (Å²) in [4.78, 5) is 20.7. The first-order chi connectivity index (χ1) is 15.2. The minimum Gasteiger partial charge on any atom is -0.432 e. The average molecular weight is 410 g/mol. The van der Waals surface area contributed by atoms with Crippen molar-refractivity contribution < 1.29 is 9.21 Å². The summed E-state index contributed by atoms with van der Waals surface area (Å²) in [6.07, 6.45) is 12.6. The van der Waals surface area contributed by atoms with Crippen LogP contribution in [0.1, 0.15) is 24.4 Å². The largest absolute Gasteiger partial charge is 0.432 e. The Morgan fingerprint density at radius 2 is 2.10 bits per heavy atom. The van der Waals surface area contributed by atoms with Crippen LogP contribution in [0.3, 0.4) is 0 Å². The Bertz CT molecular complexity index is 1480. The summed E-state index contributed by atoms with van der Waals surface area (Å²) in [6.45, 7) is 0. The predicted octanol–water partition coefficient (Wildman–Crippen LogP) is 3.84. The zero-order chi connectivity index (χ0) is 20.9. The Morgan fingerprint density at radius 1 is 1.19 bits per heavy atom. The van der Waals surface area contributed by atoms with Gasteiger partial charge >= 0.3 is 5.84 Å². The number of imidazole rings is 1. The average Bonchev–Trinajstić information content (AvgIpc) is 3.18. The summed E-state index contributed by atoms with van der Waals surface area (Å²) in [7, 11) is 0. The van der Waals surface area contributed by atoms with E-state index in [1.165, 1.54) is 6.08 Å². The number of hydrogen-bond acceptors (Lipinski definition) is 5. The van der Waals surface area contributed by atoms with Crippen molar-refractivity contribution in [1.29, 1.82) is 0 Å². The Morgan fingerprint density at radius 3 is 2.94 bits per heavy atom. The van der Waals surface area contributed by atoms with Crippen molar-refractivity contribution in [2.45, 2.75) is 18.9 Å². The summed E-state index contributed by atoms with van der Waals surface area (Å²) in [5.74, 6) is -0.0425. The molecule has 0 spiro atoms. The smallest absolute Gasteiger partial charge is 0.306 e. The van der Waals surface area contributed by atoms with Crippen LogP contribution in [0, 0.1) is 0 Å². The lowest BCUT2D eigenvalue weighted by Gasteiger charge is -2.10. The highest BCUT2D eigenvalue weighted by Gasteiger charge is 2.26. The molecule has 4 heterocycles. The second-order valence-corrected chi connectivity index (χ2v) is 7.61. The van der Waals surface area contributed by atoms with Gasteiger partial charge in [-0.3, -0.25) is 18.9 Å². The van der Waals surface area contributed by atoms with E-state index in [1.54, 1.807) is 18.5 Å². The number of fused-ring (bicyclic) bond motifs is 2. The Kier molecular flexibility index (Phi) is 3.79. The normalized spacial score (nSPS) is 14.2. The number of amides is 1. The first-order valence-electron chi connectivity index (χ1n) is 10.1. The van der Waals surface area contributed by atoms with E-state index >= 15 is 0 Å². The fraction of sp³-hybridized carbons (Fsp3) is 0.130. The molecule has 0 radical (unpaired) electrons. The van der Waals surface area contributed by atoms with E-state index in [-0.39, 0.29) is 0 Å². The molecule has 1 aromatic carbocycles. The number of pyridine rings is 1. The molecular weight excluding hydrogens is 392 g/mol. The van der Waals surface area contributed by atoms with Crippen LogP contribution in [0.2, 0.25) is 0 Å². The number of carbonyl (C=O) groups is 1. The number of nitrogens with zero attached hydrogens (tertiary/aromatic N) is 5. The van der Waals surface area contributed by atoms with Gasteiger partial charge in [0.1, 0.15) is 17.7 Å². The number of nitrogens with two attached hydrogens (primary N) is 1. The number of rotatable bonds is 5. The molecule has 1 aliphatic carbocycles. The van der Waals surface area contributed by atoms with Crippen LogP contribution in [-0.2, 0) is 4.79 Å². The lowest BCUT2D eigenvalue weighted by atomic mass is 9.97. The third kappa shape index (κ3) is 2.92. The monoisotopic (exact) mass is 410 g/mol. The minimum absolute atomic E-state index is 0.474. The van der Waals surface area contributed by atoms with E-state index in [0.717, 1.165) is 52.0 Å². The van der Waals surface area contributed by atoms with Crippen molar-refractivity contribution in [3.8, 4) is 22.6 Å². The molecule has 1 amide bonds. The van der Waals surface area contributed by atoms with E-state index in [4.69, 9.17) is 20.2 Å². The van der Waals surface area contributed by atoms with Gasteiger partial charge in [-0.05, 0) is 48.7 Å². The molecule has 31 heavy (non-hydrogen) atoms. The highest BCUT2D eigenvalue weighted by Crippen LogP contribution is 2.39. The van der Waals surface area contributed by atoms with Gasteiger partial charge < -0.3 is 10.2 Å². The van der Waals surface area contributed by atoms with E-state index in [0.29, 0.717) is 11.9 Å². The Balaban J connectivity index is 1.63. The van der Waals surface area contributed by atoms with Crippen LogP contribution in [0.4, 0.5) is 0 Å². The summed E-state index contributed by atoms with van der Waals surface area (Å²) >= 11 is 0. The molecule has 0 atom stereocenters. The molecule has 2 N–H and O–H groups in total. The maximum absolute atomic E-state index is 11.5.